The lowest BCUT2D eigenvalue weighted by Crippen LogP contribution is -2.06. The molecule has 0 saturated carbocycles. The summed E-state index contributed by atoms with van der Waals surface area (Å²) in [7, 11) is 0. The molecule has 110 valence electrons. The Morgan fingerprint density at radius 2 is 1.62 bits per heavy atom. The number of carboxylic acid groups (broad SMARTS) is 1. The number of aromatic nitrogens is 2. The van der Waals surface area contributed by atoms with E-state index in [1.807, 2.05) is 0 Å². The molecule has 21 heavy (non-hydrogen) atoms. The summed E-state index contributed by atoms with van der Waals surface area (Å²) in [6.07, 6.45) is 0.309. The van der Waals surface area contributed by atoms with E-state index < -0.39 is 17.6 Å². The molecule has 0 saturated heterocycles. The molecule has 6 heteroatoms. The largest absolute Gasteiger partial charge is 0.481 e. The molecule has 1 aromatic heterocycles. The van der Waals surface area contributed by atoms with Crippen LogP contribution in [0.5, 0.6) is 0 Å². The van der Waals surface area contributed by atoms with Crippen molar-refractivity contribution < 1.29 is 18.7 Å². The number of aliphatic carboxylic acids is 1. The Hall–Kier alpha value is -2.37. The van der Waals surface area contributed by atoms with E-state index in [1.54, 1.807) is 13.8 Å². The standard InChI is InChI=1S/C15H14F2N2O2/c1-8-13(3-4-14(20)21)9(2)19-15(18-8)10-5-11(16)7-12(17)6-10/h5-7H,3-4H2,1-2H3,(H,20,21). The lowest BCUT2D eigenvalue weighted by atomic mass is 10.1. The molecular formula is C15H14F2N2O2. The zero-order chi connectivity index (χ0) is 15.6. The summed E-state index contributed by atoms with van der Waals surface area (Å²) in [5, 5.41) is 8.73. The second-order valence-corrected chi connectivity index (χ2v) is 4.75. The van der Waals surface area contributed by atoms with E-state index in [1.165, 1.54) is 0 Å². The number of nitrogens with zero attached hydrogens (tertiary/aromatic N) is 2. The van der Waals surface area contributed by atoms with Crippen molar-refractivity contribution in [2.45, 2.75) is 26.7 Å². The summed E-state index contributed by atoms with van der Waals surface area (Å²) in [4.78, 5) is 19.1. The first-order chi connectivity index (χ1) is 9.86. The van der Waals surface area contributed by atoms with Crippen LogP contribution < -0.4 is 0 Å². The Balaban J connectivity index is 2.41. The van der Waals surface area contributed by atoms with Gasteiger partial charge in [0.15, 0.2) is 5.82 Å². The SMILES string of the molecule is Cc1nc(-c2cc(F)cc(F)c2)nc(C)c1CCC(=O)O. The maximum Gasteiger partial charge on any atom is 0.303 e. The van der Waals surface area contributed by atoms with Gasteiger partial charge in [-0.05, 0) is 38.0 Å². The third kappa shape index (κ3) is 3.59. The molecule has 1 heterocycles. The molecule has 2 aromatic rings. The van der Waals surface area contributed by atoms with Gasteiger partial charge in [-0.3, -0.25) is 4.79 Å². The summed E-state index contributed by atoms with van der Waals surface area (Å²) < 4.78 is 26.5. The molecule has 2 rings (SSSR count). The number of hydrogen-bond donors (Lipinski definition) is 1. The van der Waals surface area contributed by atoms with Crippen LogP contribution in [0.4, 0.5) is 8.78 Å². The lowest BCUT2D eigenvalue weighted by molar-refractivity contribution is -0.136. The maximum atomic E-state index is 13.2. The van der Waals surface area contributed by atoms with Crippen LogP contribution in [0.15, 0.2) is 18.2 Å². The van der Waals surface area contributed by atoms with Crippen LogP contribution in [0, 0.1) is 25.5 Å². The van der Waals surface area contributed by atoms with Crippen LogP contribution >= 0.6 is 0 Å². The highest BCUT2D eigenvalue weighted by molar-refractivity contribution is 5.67. The summed E-state index contributed by atoms with van der Waals surface area (Å²) >= 11 is 0. The molecule has 0 bridgehead atoms. The highest BCUT2D eigenvalue weighted by atomic mass is 19.1. The number of carbonyl (C=O) groups is 1. The van der Waals surface area contributed by atoms with E-state index in [4.69, 9.17) is 5.11 Å². The van der Waals surface area contributed by atoms with Crippen LogP contribution in [0.3, 0.4) is 0 Å². The Morgan fingerprint density at radius 1 is 1.10 bits per heavy atom. The summed E-state index contributed by atoms with van der Waals surface area (Å²) in [5.74, 6) is -2.06. The summed E-state index contributed by atoms with van der Waals surface area (Å²) in [5.41, 5.74) is 2.23. The number of halogens is 2. The van der Waals surface area contributed by atoms with Crippen LogP contribution in [0.25, 0.3) is 11.4 Å². The molecule has 0 unspecified atom stereocenters. The van der Waals surface area contributed by atoms with Crippen LogP contribution in [0.1, 0.15) is 23.4 Å². The Bertz CT molecular complexity index is 659. The smallest absolute Gasteiger partial charge is 0.303 e. The highest BCUT2D eigenvalue weighted by Crippen LogP contribution is 2.21. The molecule has 1 aromatic carbocycles. The normalized spacial score (nSPS) is 10.7. The van der Waals surface area contributed by atoms with Gasteiger partial charge in [-0.15, -0.1) is 0 Å². The van der Waals surface area contributed by atoms with Gasteiger partial charge in [-0.1, -0.05) is 0 Å². The van der Waals surface area contributed by atoms with Gasteiger partial charge < -0.3 is 5.11 Å². The first-order valence-electron chi connectivity index (χ1n) is 6.39. The molecule has 0 spiro atoms. The van der Waals surface area contributed by atoms with Gasteiger partial charge in [0, 0.05) is 29.4 Å². The maximum absolute atomic E-state index is 13.2. The molecule has 0 fully saturated rings. The molecule has 0 aliphatic heterocycles. The minimum atomic E-state index is -0.898. The van der Waals surface area contributed by atoms with E-state index >= 15 is 0 Å². The molecule has 0 atom stereocenters. The average Bonchev–Trinajstić information content (AvgIpc) is 2.36. The molecule has 4 nitrogen and oxygen atoms in total. The second kappa shape index (κ2) is 5.95. The zero-order valence-electron chi connectivity index (χ0n) is 11.7. The minimum absolute atomic E-state index is 0.0149. The number of rotatable bonds is 4. The second-order valence-electron chi connectivity index (χ2n) is 4.75. The molecule has 0 aliphatic carbocycles. The zero-order valence-corrected chi connectivity index (χ0v) is 11.7. The molecule has 1 N–H and O–H groups in total. The van der Waals surface area contributed by atoms with Gasteiger partial charge in [0.2, 0.25) is 0 Å². The monoisotopic (exact) mass is 292 g/mol. The predicted octanol–water partition coefficient (Wildman–Crippen LogP) is 3.06. The van der Waals surface area contributed by atoms with E-state index in [9.17, 15) is 13.6 Å². The predicted molar refractivity (Wildman–Crippen MR) is 72.8 cm³/mol. The average molecular weight is 292 g/mol. The van der Waals surface area contributed by atoms with Gasteiger partial charge in [-0.25, -0.2) is 18.7 Å². The van der Waals surface area contributed by atoms with Gasteiger partial charge >= 0.3 is 5.97 Å². The van der Waals surface area contributed by atoms with Crippen molar-refractivity contribution in [3.63, 3.8) is 0 Å². The van der Waals surface area contributed by atoms with Gasteiger partial charge in [0.05, 0.1) is 0 Å². The minimum Gasteiger partial charge on any atom is -0.481 e. The fourth-order valence-electron chi connectivity index (χ4n) is 2.15. The number of carboxylic acids is 1. The van der Waals surface area contributed by atoms with Crippen molar-refractivity contribution in [1.29, 1.82) is 0 Å². The van der Waals surface area contributed by atoms with Crippen molar-refractivity contribution in [3.8, 4) is 11.4 Å². The van der Waals surface area contributed by atoms with Crippen molar-refractivity contribution >= 4 is 5.97 Å². The Labute approximate surface area is 120 Å². The molecular weight excluding hydrogens is 278 g/mol. The van der Waals surface area contributed by atoms with Crippen molar-refractivity contribution in [1.82, 2.24) is 9.97 Å². The van der Waals surface area contributed by atoms with E-state index in [-0.39, 0.29) is 17.8 Å². The van der Waals surface area contributed by atoms with Gasteiger partial charge in [0.25, 0.3) is 0 Å². The van der Waals surface area contributed by atoms with Gasteiger partial charge in [-0.2, -0.15) is 0 Å². The first kappa shape index (κ1) is 15.0. The number of hydrogen-bond acceptors (Lipinski definition) is 3. The quantitative estimate of drug-likeness (QED) is 0.940. The Kier molecular flexibility index (Phi) is 4.26. The first-order valence-corrected chi connectivity index (χ1v) is 6.39. The van der Waals surface area contributed by atoms with E-state index in [2.05, 4.69) is 9.97 Å². The summed E-state index contributed by atoms with van der Waals surface area (Å²) in [6, 6.07) is 3.10. The topological polar surface area (TPSA) is 63.1 Å². The van der Waals surface area contributed by atoms with Crippen LogP contribution in [-0.2, 0) is 11.2 Å². The number of benzene rings is 1. The van der Waals surface area contributed by atoms with Crippen molar-refractivity contribution in [3.05, 3.63) is 46.8 Å². The van der Waals surface area contributed by atoms with Crippen molar-refractivity contribution in [2.24, 2.45) is 0 Å². The van der Waals surface area contributed by atoms with Crippen LogP contribution in [0.2, 0.25) is 0 Å². The fourth-order valence-corrected chi connectivity index (χ4v) is 2.15. The third-order valence-electron chi connectivity index (χ3n) is 3.13. The molecule has 0 aliphatic rings. The third-order valence-corrected chi connectivity index (χ3v) is 3.13. The molecule has 0 radical (unpaired) electrons. The molecule has 0 amide bonds. The van der Waals surface area contributed by atoms with Crippen LogP contribution in [-0.4, -0.2) is 21.0 Å². The summed E-state index contributed by atoms with van der Waals surface area (Å²) in [6.45, 7) is 3.45. The number of aryl methyl sites for hydroxylation is 2. The highest BCUT2D eigenvalue weighted by Gasteiger charge is 2.12. The van der Waals surface area contributed by atoms with Gasteiger partial charge in [0.1, 0.15) is 11.6 Å². The lowest BCUT2D eigenvalue weighted by Gasteiger charge is -2.10. The van der Waals surface area contributed by atoms with E-state index in [0.717, 1.165) is 23.8 Å². The van der Waals surface area contributed by atoms with Crippen molar-refractivity contribution in [2.75, 3.05) is 0 Å². The van der Waals surface area contributed by atoms with E-state index in [0.29, 0.717) is 17.8 Å². The fraction of sp³-hybridized carbons (Fsp3) is 0.267. The Morgan fingerprint density at radius 3 is 2.10 bits per heavy atom.